The van der Waals surface area contributed by atoms with Gasteiger partial charge in [-0.05, 0) is 37.1 Å². The molecule has 0 fully saturated rings. The average Bonchev–Trinajstić information content (AvgIpc) is 3.11. The fourth-order valence-corrected chi connectivity index (χ4v) is 3.34. The van der Waals surface area contributed by atoms with Gasteiger partial charge in [0.05, 0.1) is 36.2 Å². The monoisotopic (exact) mass is 347 g/mol. The number of pyridine rings is 1. The van der Waals surface area contributed by atoms with E-state index in [1.54, 1.807) is 12.1 Å². The van der Waals surface area contributed by atoms with Crippen LogP contribution >= 0.6 is 0 Å². The van der Waals surface area contributed by atoms with Crippen LogP contribution in [0.4, 0.5) is 0 Å². The van der Waals surface area contributed by atoms with Crippen molar-refractivity contribution in [3.63, 3.8) is 0 Å². The van der Waals surface area contributed by atoms with E-state index in [-0.39, 0.29) is 11.8 Å². The fraction of sp³-hybridized carbons (Fsp3) is 0.238. The Morgan fingerprint density at radius 2 is 1.85 bits per heavy atom. The fourth-order valence-electron chi connectivity index (χ4n) is 3.34. The Hall–Kier alpha value is -2.92. The zero-order chi connectivity index (χ0) is 17.9. The predicted octanol–water partition coefficient (Wildman–Crippen LogP) is 4.11. The molecule has 0 aliphatic rings. The smallest absolute Gasteiger partial charge is 0.115 e. The summed E-state index contributed by atoms with van der Waals surface area (Å²) >= 11 is 0. The molecule has 1 N–H and O–H groups in total. The number of rotatable bonds is 6. The molecule has 0 saturated carbocycles. The third-order valence-electron chi connectivity index (χ3n) is 4.62. The number of para-hydroxylation sites is 1. The van der Waals surface area contributed by atoms with Crippen LogP contribution in [0.3, 0.4) is 0 Å². The maximum atomic E-state index is 9.53. The van der Waals surface area contributed by atoms with Crippen LogP contribution in [0.25, 0.3) is 21.9 Å². The van der Waals surface area contributed by atoms with Gasteiger partial charge < -0.3 is 14.4 Å². The van der Waals surface area contributed by atoms with Crippen molar-refractivity contribution in [1.82, 2.24) is 14.5 Å². The van der Waals surface area contributed by atoms with Gasteiger partial charge in [-0.15, -0.1) is 0 Å². The SMILES string of the molecule is CCOCC(Cc1ccc(O)cc1)n1cnc2cnc3ccccc3c21. The summed E-state index contributed by atoms with van der Waals surface area (Å²) < 4.78 is 7.96. The van der Waals surface area contributed by atoms with Gasteiger partial charge in [0.1, 0.15) is 11.3 Å². The Morgan fingerprint density at radius 3 is 2.65 bits per heavy atom. The summed E-state index contributed by atoms with van der Waals surface area (Å²) in [5, 5.41) is 10.6. The minimum absolute atomic E-state index is 0.107. The average molecular weight is 347 g/mol. The lowest BCUT2D eigenvalue weighted by Crippen LogP contribution is -2.17. The van der Waals surface area contributed by atoms with Crippen LogP contribution in [0.5, 0.6) is 5.75 Å². The van der Waals surface area contributed by atoms with Crippen molar-refractivity contribution in [1.29, 1.82) is 0 Å². The zero-order valence-electron chi connectivity index (χ0n) is 14.7. The molecule has 4 rings (SSSR count). The van der Waals surface area contributed by atoms with Crippen LogP contribution in [0, 0.1) is 0 Å². The van der Waals surface area contributed by atoms with Crippen LogP contribution in [0.2, 0.25) is 0 Å². The summed E-state index contributed by atoms with van der Waals surface area (Å²) in [5.41, 5.74) is 4.07. The van der Waals surface area contributed by atoms with Crippen molar-refractivity contribution in [2.24, 2.45) is 0 Å². The molecule has 2 aromatic heterocycles. The molecule has 0 spiro atoms. The third kappa shape index (κ3) is 3.13. The van der Waals surface area contributed by atoms with Gasteiger partial charge in [0.25, 0.3) is 0 Å². The Morgan fingerprint density at radius 1 is 1.04 bits per heavy atom. The van der Waals surface area contributed by atoms with E-state index in [0.29, 0.717) is 13.2 Å². The second-order valence-electron chi connectivity index (χ2n) is 6.34. The molecule has 132 valence electrons. The second kappa shape index (κ2) is 7.14. The summed E-state index contributed by atoms with van der Waals surface area (Å²) in [6.45, 7) is 3.27. The number of phenolic OH excluding ortho intramolecular Hbond substituents is 1. The second-order valence-corrected chi connectivity index (χ2v) is 6.34. The van der Waals surface area contributed by atoms with Crippen LogP contribution in [0.1, 0.15) is 18.5 Å². The van der Waals surface area contributed by atoms with E-state index >= 15 is 0 Å². The van der Waals surface area contributed by atoms with E-state index in [4.69, 9.17) is 4.74 Å². The van der Waals surface area contributed by atoms with Crippen LogP contribution < -0.4 is 0 Å². The normalized spacial score (nSPS) is 12.7. The summed E-state index contributed by atoms with van der Waals surface area (Å²) in [5.74, 6) is 0.278. The number of hydrogen-bond donors (Lipinski definition) is 1. The molecule has 4 aromatic rings. The van der Waals surface area contributed by atoms with Gasteiger partial charge in [-0.1, -0.05) is 30.3 Å². The Balaban J connectivity index is 1.79. The Labute approximate surface area is 151 Å². The topological polar surface area (TPSA) is 60.2 Å². The lowest BCUT2D eigenvalue weighted by molar-refractivity contribution is 0.114. The maximum absolute atomic E-state index is 9.53. The number of nitrogens with zero attached hydrogens (tertiary/aromatic N) is 3. The lowest BCUT2D eigenvalue weighted by Gasteiger charge is -2.20. The quantitative estimate of drug-likeness (QED) is 0.570. The summed E-state index contributed by atoms with van der Waals surface area (Å²) in [6, 6.07) is 15.6. The molecule has 1 unspecified atom stereocenters. The summed E-state index contributed by atoms with van der Waals surface area (Å²) in [7, 11) is 0. The largest absolute Gasteiger partial charge is 0.508 e. The molecule has 0 aliphatic carbocycles. The molecule has 0 amide bonds. The van der Waals surface area contributed by atoms with Gasteiger partial charge in [-0.25, -0.2) is 4.98 Å². The van der Waals surface area contributed by atoms with Crippen molar-refractivity contribution in [3.8, 4) is 5.75 Å². The zero-order valence-corrected chi connectivity index (χ0v) is 14.7. The predicted molar refractivity (Wildman–Crippen MR) is 102 cm³/mol. The van der Waals surface area contributed by atoms with Gasteiger partial charge in [0.2, 0.25) is 0 Å². The number of fused-ring (bicyclic) bond motifs is 3. The van der Waals surface area contributed by atoms with E-state index in [9.17, 15) is 5.11 Å². The lowest BCUT2D eigenvalue weighted by atomic mass is 10.1. The number of hydrogen-bond acceptors (Lipinski definition) is 4. The number of ether oxygens (including phenoxy) is 1. The number of aromatic hydroxyl groups is 1. The van der Waals surface area contributed by atoms with Crippen molar-refractivity contribution in [2.45, 2.75) is 19.4 Å². The molecule has 5 heteroatoms. The molecule has 0 saturated heterocycles. The molecule has 0 radical (unpaired) electrons. The van der Waals surface area contributed by atoms with Crippen molar-refractivity contribution in [2.75, 3.05) is 13.2 Å². The molecule has 2 heterocycles. The van der Waals surface area contributed by atoms with E-state index in [0.717, 1.165) is 33.9 Å². The number of aromatic nitrogens is 3. The molecule has 0 bridgehead atoms. The third-order valence-corrected chi connectivity index (χ3v) is 4.62. The molecular formula is C21H21N3O2. The first-order valence-electron chi connectivity index (χ1n) is 8.82. The molecule has 1 atom stereocenters. The van der Waals surface area contributed by atoms with E-state index in [1.165, 1.54) is 0 Å². The first-order chi connectivity index (χ1) is 12.8. The van der Waals surface area contributed by atoms with Crippen LogP contribution in [0.15, 0.2) is 61.1 Å². The highest BCUT2D eigenvalue weighted by Crippen LogP contribution is 2.27. The minimum atomic E-state index is 0.107. The highest BCUT2D eigenvalue weighted by Gasteiger charge is 2.17. The van der Waals surface area contributed by atoms with Crippen molar-refractivity contribution >= 4 is 21.9 Å². The van der Waals surface area contributed by atoms with Crippen molar-refractivity contribution < 1.29 is 9.84 Å². The highest BCUT2D eigenvalue weighted by atomic mass is 16.5. The van der Waals surface area contributed by atoms with Crippen molar-refractivity contribution in [3.05, 3.63) is 66.6 Å². The van der Waals surface area contributed by atoms with Crippen LogP contribution in [-0.4, -0.2) is 32.9 Å². The highest BCUT2D eigenvalue weighted by molar-refractivity contribution is 6.01. The Kier molecular flexibility index (Phi) is 4.54. The molecular weight excluding hydrogens is 326 g/mol. The summed E-state index contributed by atoms with van der Waals surface area (Å²) in [6.07, 6.45) is 4.50. The summed E-state index contributed by atoms with van der Waals surface area (Å²) in [4.78, 5) is 9.06. The number of benzene rings is 2. The van der Waals surface area contributed by atoms with Gasteiger partial charge in [0.15, 0.2) is 0 Å². The molecule has 2 aromatic carbocycles. The van der Waals surface area contributed by atoms with Gasteiger partial charge >= 0.3 is 0 Å². The first kappa shape index (κ1) is 16.5. The minimum Gasteiger partial charge on any atom is -0.508 e. The molecule has 0 aliphatic heterocycles. The van der Waals surface area contributed by atoms with E-state index < -0.39 is 0 Å². The van der Waals surface area contributed by atoms with E-state index in [1.807, 2.05) is 49.8 Å². The maximum Gasteiger partial charge on any atom is 0.115 e. The standard InChI is InChI=1S/C21H21N3O2/c1-2-26-13-16(11-15-7-9-17(25)10-8-15)24-14-23-20-12-22-19-6-4-3-5-18(19)21(20)24/h3-10,12,14,16,25H,2,11,13H2,1H3. The van der Waals surface area contributed by atoms with Gasteiger partial charge in [-0.3, -0.25) is 4.98 Å². The van der Waals surface area contributed by atoms with Crippen LogP contribution in [-0.2, 0) is 11.2 Å². The van der Waals surface area contributed by atoms with E-state index in [2.05, 4.69) is 20.6 Å². The van der Waals surface area contributed by atoms with Gasteiger partial charge in [0, 0.05) is 12.0 Å². The number of imidazole rings is 1. The number of phenols is 1. The molecule has 26 heavy (non-hydrogen) atoms. The first-order valence-corrected chi connectivity index (χ1v) is 8.82. The molecule has 5 nitrogen and oxygen atoms in total. The Bertz CT molecular complexity index is 1020. The van der Waals surface area contributed by atoms with Gasteiger partial charge in [-0.2, -0.15) is 0 Å².